The smallest absolute Gasteiger partial charge is 0.268 e. The zero-order valence-electron chi connectivity index (χ0n) is 15.9. The second-order valence-electron chi connectivity index (χ2n) is 8.04. The summed E-state index contributed by atoms with van der Waals surface area (Å²) in [6.45, 7) is 16.0. The second-order valence-corrected chi connectivity index (χ2v) is 8.04. The van der Waals surface area contributed by atoms with Crippen LogP contribution in [0.15, 0.2) is 0 Å². The number of aromatic amines is 1. The van der Waals surface area contributed by atoms with Crippen LogP contribution in [-0.2, 0) is 0 Å². The lowest BCUT2D eigenvalue weighted by molar-refractivity contribution is 0.0889. The van der Waals surface area contributed by atoms with Crippen LogP contribution >= 0.6 is 0 Å². The van der Waals surface area contributed by atoms with Crippen molar-refractivity contribution in [2.24, 2.45) is 11.3 Å². The van der Waals surface area contributed by atoms with Gasteiger partial charge in [0, 0.05) is 17.3 Å². The minimum Gasteiger partial charge on any atom is -0.354 e. The Labute approximate surface area is 140 Å². The molecule has 1 unspecified atom stereocenters. The van der Waals surface area contributed by atoms with Gasteiger partial charge >= 0.3 is 0 Å². The summed E-state index contributed by atoms with van der Waals surface area (Å²) in [7, 11) is 0. The van der Waals surface area contributed by atoms with E-state index in [0.717, 1.165) is 24.1 Å². The van der Waals surface area contributed by atoms with E-state index in [1.54, 1.807) is 0 Å². The molecule has 0 aliphatic heterocycles. The number of rotatable bonds is 6. The van der Waals surface area contributed by atoms with Gasteiger partial charge in [-0.1, -0.05) is 34.6 Å². The number of aryl methyl sites for hydroxylation is 1. The van der Waals surface area contributed by atoms with Crippen LogP contribution in [-0.4, -0.2) is 22.7 Å². The van der Waals surface area contributed by atoms with Crippen LogP contribution < -0.4 is 5.32 Å². The Bertz CT molecular complexity index is 577. The SMILES string of the molecule is CC(=O)c1c(C)[nH]c(C(=O)NC(CCC(C)C)C(C)(C)C)c1C. The zero-order valence-corrected chi connectivity index (χ0v) is 15.9. The number of nitrogens with one attached hydrogen (secondary N) is 2. The summed E-state index contributed by atoms with van der Waals surface area (Å²) >= 11 is 0. The zero-order chi connectivity index (χ0) is 17.9. The molecule has 2 N–H and O–H groups in total. The fourth-order valence-electron chi connectivity index (χ4n) is 2.96. The highest BCUT2D eigenvalue weighted by molar-refractivity contribution is 6.02. The lowest BCUT2D eigenvalue weighted by Gasteiger charge is -2.32. The van der Waals surface area contributed by atoms with Crippen molar-refractivity contribution in [1.82, 2.24) is 10.3 Å². The van der Waals surface area contributed by atoms with E-state index >= 15 is 0 Å². The van der Waals surface area contributed by atoms with Crippen molar-refractivity contribution in [3.63, 3.8) is 0 Å². The van der Waals surface area contributed by atoms with Gasteiger partial charge in [-0.2, -0.15) is 0 Å². The van der Waals surface area contributed by atoms with Crippen LogP contribution in [0.1, 0.15) is 86.5 Å². The summed E-state index contributed by atoms with van der Waals surface area (Å²) in [6, 6.07) is 0.0983. The van der Waals surface area contributed by atoms with Crippen molar-refractivity contribution in [1.29, 1.82) is 0 Å². The fraction of sp³-hybridized carbons (Fsp3) is 0.684. The number of H-pyrrole nitrogens is 1. The van der Waals surface area contributed by atoms with Crippen molar-refractivity contribution >= 4 is 11.7 Å². The number of carbonyl (C=O) groups excluding carboxylic acids is 2. The molecule has 0 saturated heterocycles. The van der Waals surface area contributed by atoms with Crippen LogP contribution in [0.4, 0.5) is 0 Å². The van der Waals surface area contributed by atoms with Gasteiger partial charge in [0.1, 0.15) is 5.69 Å². The molecule has 1 heterocycles. The first-order chi connectivity index (χ1) is 10.4. The molecule has 130 valence electrons. The lowest BCUT2D eigenvalue weighted by atomic mass is 9.82. The third-order valence-electron chi connectivity index (χ3n) is 4.40. The largest absolute Gasteiger partial charge is 0.354 e. The summed E-state index contributed by atoms with van der Waals surface area (Å²) in [6.07, 6.45) is 2.02. The first kappa shape index (κ1) is 19.5. The standard InChI is InChI=1S/C19H32N2O2/c1-11(2)9-10-15(19(6,7)8)21-18(23)17-12(3)16(14(5)22)13(4)20-17/h11,15,20H,9-10H2,1-8H3,(H,21,23). The van der Waals surface area contributed by atoms with E-state index in [9.17, 15) is 9.59 Å². The normalized spacial score (nSPS) is 13.3. The summed E-state index contributed by atoms with van der Waals surface area (Å²) in [5.41, 5.74) is 2.62. The Kier molecular flexibility index (Phi) is 6.20. The van der Waals surface area contributed by atoms with Crippen LogP contribution in [0.5, 0.6) is 0 Å². The van der Waals surface area contributed by atoms with Gasteiger partial charge in [-0.25, -0.2) is 0 Å². The molecule has 4 nitrogen and oxygen atoms in total. The summed E-state index contributed by atoms with van der Waals surface area (Å²) in [5, 5.41) is 3.17. The molecule has 4 heteroatoms. The van der Waals surface area contributed by atoms with Gasteiger partial charge in [0.15, 0.2) is 5.78 Å². The summed E-state index contributed by atoms with van der Waals surface area (Å²) in [4.78, 5) is 27.5. The monoisotopic (exact) mass is 320 g/mol. The van der Waals surface area contributed by atoms with Crippen molar-refractivity contribution in [3.8, 4) is 0 Å². The number of hydrogen-bond donors (Lipinski definition) is 2. The third kappa shape index (κ3) is 4.95. The van der Waals surface area contributed by atoms with E-state index in [1.807, 2.05) is 13.8 Å². The highest BCUT2D eigenvalue weighted by Gasteiger charge is 2.28. The Morgan fingerprint density at radius 3 is 2.09 bits per heavy atom. The topological polar surface area (TPSA) is 62.0 Å². The minimum absolute atomic E-state index is 0.0104. The van der Waals surface area contributed by atoms with Gasteiger partial charge in [-0.3, -0.25) is 9.59 Å². The number of aromatic nitrogens is 1. The van der Waals surface area contributed by atoms with Gasteiger partial charge in [0.2, 0.25) is 0 Å². The molecule has 1 aromatic heterocycles. The predicted molar refractivity (Wildman–Crippen MR) is 95.1 cm³/mol. The number of Topliss-reactive ketones (excluding diaryl/α,β-unsaturated/α-hetero) is 1. The van der Waals surface area contributed by atoms with Gasteiger partial charge < -0.3 is 10.3 Å². The van der Waals surface area contributed by atoms with E-state index < -0.39 is 0 Å². The molecule has 0 aromatic carbocycles. The van der Waals surface area contributed by atoms with Gasteiger partial charge in [-0.15, -0.1) is 0 Å². The fourth-order valence-corrected chi connectivity index (χ4v) is 2.96. The van der Waals surface area contributed by atoms with Crippen molar-refractivity contribution < 1.29 is 9.59 Å². The van der Waals surface area contributed by atoms with Crippen molar-refractivity contribution in [3.05, 3.63) is 22.5 Å². The quantitative estimate of drug-likeness (QED) is 0.762. The first-order valence-electron chi connectivity index (χ1n) is 8.46. The molecule has 0 fully saturated rings. The minimum atomic E-state index is -0.123. The van der Waals surface area contributed by atoms with Gasteiger partial charge in [-0.05, 0) is 50.5 Å². The number of carbonyl (C=O) groups is 2. The van der Waals surface area contributed by atoms with Crippen LogP contribution in [0, 0.1) is 25.2 Å². The Morgan fingerprint density at radius 1 is 1.13 bits per heavy atom. The number of ketones is 1. The average molecular weight is 320 g/mol. The summed E-state index contributed by atoms with van der Waals surface area (Å²) < 4.78 is 0. The molecule has 0 aliphatic rings. The average Bonchev–Trinajstić information content (AvgIpc) is 2.67. The Morgan fingerprint density at radius 2 is 1.70 bits per heavy atom. The molecule has 0 spiro atoms. The van der Waals surface area contributed by atoms with Crippen LogP contribution in [0.3, 0.4) is 0 Å². The lowest BCUT2D eigenvalue weighted by Crippen LogP contribution is -2.44. The van der Waals surface area contributed by atoms with Crippen molar-refractivity contribution in [2.75, 3.05) is 0 Å². The number of amides is 1. The predicted octanol–water partition coefficient (Wildman–Crippen LogP) is 4.41. The Balaban J connectivity index is 3.00. The maximum atomic E-state index is 12.7. The highest BCUT2D eigenvalue weighted by atomic mass is 16.2. The maximum Gasteiger partial charge on any atom is 0.268 e. The third-order valence-corrected chi connectivity index (χ3v) is 4.40. The highest BCUT2D eigenvalue weighted by Crippen LogP contribution is 2.26. The van der Waals surface area contributed by atoms with E-state index in [4.69, 9.17) is 0 Å². The second kappa shape index (κ2) is 7.33. The van der Waals surface area contributed by atoms with E-state index in [2.05, 4.69) is 44.9 Å². The molecular weight excluding hydrogens is 288 g/mol. The molecule has 1 atom stereocenters. The van der Waals surface area contributed by atoms with Crippen LogP contribution in [0.25, 0.3) is 0 Å². The first-order valence-corrected chi connectivity index (χ1v) is 8.46. The van der Waals surface area contributed by atoms with Crippen molar-refractivity contribution in [2.45, 2.75) is 74.3 Å². The van der Waals surface area contributed by atoms with Crippen LogP contribution in [0.2, 0.25) is 0 Å². The molecule has 0 bridgehead atoms. The molecule has 1 aromatic rings. The molecular formula is C19H32N2O2. The van der Waals surface area contributed by atoms with E-state index in [-0.39, 0.29) is 23.1 Å². The van der Waals surface area contributed by atoms with E-state index in [0.29, 0.717) is 17.2 Å². The van der Waals surface area contributed by atoms with E-state index in [1.165, 1.54) is 6.92 Å². The maximum absolute atomic E-state index is 12.7. The van der Waals surface area contributed by atoms with Gasteiger partial charge in [0.25, 0.3) is 5.91 Å². The molecule has 1 amide bonds. The number of hydrogen-bond acceptors (Lipinski definition) is 2. The molecule has 23 heavy (non-hydrogen) atoms. The molecule has 0 aliphatic carbocycles. The molecule has 1 rings (SSSR count). The van der Waals surface area contributed by atoms with Gasteiger partial charge in [0.05, 0.1) is 0 Å². The molecule has 0 saturated carbocycles. The summed E-state index contributed by atoms with van der Waals surface area (Å²) in [5.74, 6) is 0.472. The molecule has 0 radical (unpaired) electrons. The Hall–Kier alpha value is -1.58.